The van der Waals surface area contributed by atoms with Crippen LogP contribution in [0.25, 0.3) is 0 Å². The molecule has 2 N–H and O–H groups in total. The van der Waals surface area contributed by atoms with E-state index in [0.717, 1.165) is 23.6 Å². The summed E-state index contributed by atoms with van der Waals surface area (Å²) in [6, 6.07) is 6.66. The molecule has 3 aliphatic rings. The smallest absolute Gasteiger partial charge is 0.235 e. The molecule has 3 heterocycles. The van der Waals surface area contributed by atoms with Gasteiger partial charge in [0, 0.05) is 27.3 Å². The second kappa shape index (κ2) is 8.85. The van der Waals surface area contributed by atoms with E-state index < -0.39 is 12.0 Å². The Morgan fingerprint density at radius 3 is 2.81 bits per heavy atom. The van der Waals surface area contributed by atoms with Gasteiger partial charge in [0.2, 0.25) is 11.8 Å². The number of aliphatic hydroxyl groups excluding tert-OH is 1. The number of carbonyl (C=O) groups excluding carboxylic acids is 4. The van der Waals surface area contributed by atoms with E-state index in [0.29, 0.717) is 31.9 Å². The third-order valence-electron chi connectivity index (χ3n) is 6.25. The topological polar surface area (TPSA) is 104 Å². The Balaban J connectivity index is 1.40. The van der Waals surface area contributed by atoms with Crippen molar-refractivity contribution in [3.8, 4) is 0 Å². The van der Waals surface area contributed by atoms with E-state index >= 15 is 0 Å². The summed E-state index contributed by atoms with van der Waals surface area (Å²) in [7, 11) is 0.473. The van der Waals surface area contributed by atoms with Crippen molar-refractivity contribution in [2.45, 2.75) is 43.3 Å². The molecule has 1 unspecified atom stereocenters. The lowest BCUT2D eigenvalue weighted by molar-refractivity contribution is -0.160. The van der Waals surface area contributed by atoms with E-state index in [9.17, 15) is 24.3 Å². The molecule has 1 aromatic carbocycles. The van der Waals surface area contributed by atoms with Crippen LogP contribution in [-0.4, -0.2) is 63.6 Å². The van der Waals surface area contributed by atoms with Gasteiger partial charge in [-0.2, -0.15) is 0 Å². The second-order valence-corrected chi connectivity index (χ2v) is 11.1. The van der Waals surface area contributed by atoms with Crippen molar-refractivity contribution >= 4 is 50.4 Å². The minimum Gasteiger partial charge on any atom is -0.393 e. The van der Waals surface area contributed by atoms with Gasteiger partial charge in [0.05, 0.1) is 29.4 Å². The highest BCUT2D eigenvalue weighted by Crippen LogP contribution is 2.53. The van der Waals surface area contributed by atoms with E-state index in [4.69, 9.17) is 0 Å². The zero-order valence-corrected chi connectivity index (χ0v) is 19.1. The number of aliphatic hydroxyl groups is 1. The van der Waals surface area contributed by atoms with Crippen LogP contribution < -0.4 is 5.32 Å². The molecule has 0 spiro atoms. The van der Waals surface area contributed by atoms with Crippen molar-refractivity contribution in [3.63, 3.8) is 0 Å². The first-order valence-electron chi connectivity index (χ1n) is 10.3. The third-order valence-corrected chi connectivity index (χ3v) is 9.79. The van der Waals surface area contributed by atoms with Gasteiger partial charge in [0.1, 0.15) is 6.29 Å². The Morgan fingerprint density at radius 2 is 2.13 bits per heavy atom. The fraction of sp³-hybridized carbons (Fsp3) is 0.455. The summed E-state index contributed by atoms with van der Waals surface area (Å²) in [5.74, 6) is -0.715. The Hall–Kier alpha value is -2.02. The Kier molecular flexibility index (Phi) is 6.33. The molecular formula is C22H25N2O5PS. The lowest BCUT2D eigenvalue weighted by Gasteiger charge is -2.46. The van der Waals surface area contributed by atoms with Crippen molar-refractivity contribution in [1.29, 1.82) is 0 Å². The molecule has 1 aromatic rings. The molecule has 2 saturated heterocycles. The molecule has 2 fully saturated rings. The van der Waals surface area contributed by atoms with Crippen molar-refractivity contribution < 1.29 is 24.3 Å². The van der Waals surface area contributed by atoms with Crippen LogP contribution >= 0.6 is 20.3 Å². The molecular weight excluding hydrogens is 435 g/mol. The summed E-state index contributed by atoms with van der Waals surface area (Å²) in [6.45, 7) is 3.62. The molecule has 9 heteroatoms. The van der Waals surface area contributed by atoms with Crippen LogP contribution in [0.4, 0.5) is 5.69 Å². The monoisotopic (exact) mass is 460 g/mol. The Bertz CT molecular complexity index is 965. The van der Waals surface area contributed by atoms with E-state index in [1.807, 2.05) is 6.92 Å². The maximum absolute atomic E-state index is 12.7. The minimum atomic E-state index is -0.743. The first kappa shape index (κ1) is 22.2. The maximum Gasteiger partial charge on any atom is 0.235 e. The number of β-lactam (4-membered cyclic amide) rings is 1. The molecule has 0 radical (unpaired) electrons. The summed E-state index contributed by atoms with van der Waals surface area (Å²) < 4.78 is 0. The van der Waals surface area contributed by atoms with Gasteiger partial charge in [-0.25, -0.2) is 0 Å². The number of allylic oxidation sites excluding steroid dienone is 1. The average molecular weight is 460 g/mol. The van der Waals surface area contributed by atoms with Crippen LogP contribution in [0.2, 0.25) is 0 Å². The van der Waals surface area contributed by atoms with Crippen LogP contribution in [0.5, 0.6) is 0 Å². The molecule has 2 amide bonds. The average Bonchev–Trinajstić information content (AvgIpc) is 3.30. The summed E-state index contributed by atoms with van der Waals surface area (Å²) in [4.78, 5) is 50.3. The van der Waals surface area contributed by atoms with Crippen LogP contribution in [0.15, 0.2) is 34.9 Å². The molecule has 7 nitrogen and oxygen atoms in total. The van der Waals surface area contributed by atoms with Gasteiger partial charge in [0.15, 0.2) is 6.29 Å². The lowest BCUT2D eigenvalue weighted by atomic mass is 9.79. The molecule has 0 saturated carbocycles. The van der Waals surface area contributed by atoms with Crippen LogP contribution in [-0.2, 0) is 14.4 Å². The predicted molar refractivity (Wildman–Crippen MR) is 121 cm³/mol. The van der Waals surface area contributed by atoms with Gasteiger partial charge in [-0.1, -0.05) is 19.1 Å². The number of amides is 2. The zero-order valence-electron chi connectivity index (χ0n) is 17.3. The predicted octanol–water partition coefficient (Wildman–Crippen LogP) is 2.26. The number of hydrogen-bond donors (Lipinski definition) is 2. The number of nitrogens with one attached hydrogen (secondary N) is 1. The summed E-state index contributed by atoms with van der Waals surface area (Å²) in [5.41, 5.74) is 1.43. The number of carbonyl (C=O) groups is 4. The van der Waals surface area contributed by atoms with Crippen molar-refractivity contribution in [2.24, 2.45) is 11.8 Å². The number of nitrogens with zero attached hydrogens (tertiary/aromatic N) is 1. The lowest BCUT2D eigenvalue weighted by Crippen LogP contribution is -2.63. The minimum absolute atomic E-state index is 0.00945. The van der Waals surface area contributed by atoms with Gasteiger partial charge in [0.25, 0.3) is 0 Å². The van der Waals surface area contributed by atoms with Crippen LogP contribution in [0.3, 0.4) is 0 Å². The normalized spacial score (nSPS) is 31.4. The Morgan fingerprint density at radius 1 is 1.35 bits per heavy atom. The maximum atomic E-state index is 12.7. The van der Waals surface area contributed by atoms with Gasteiger partial charge in [-0.15, -0.1) is 20.3 Å². The summed E-state index contributed by atoms with van der Waals surface area (Å²) >= 11 is 1.61. The highest BCUT2D eigenvalue weighted by molar-refractivity contribution is 8.04. The number of benzene rings is 1. The van der Waals surface area contributed by atoms with E-state index in [2.05, 4.69) is 5.32 Å². The number of anilines is 1. The number of rotatable bonds is 7. The van der Waals surface area contributed by atoms with Crippen LogP contribution in [0.1, 0.15) is 30.6 Å². The number of thioether (sulfide) groups is 1. The van der Waals surface area contributed by atoms with E-state index in [-0.39, 0.29) is 34.7 Å². The van der Waals surface area contributed by atoms with Crippen LogP contribution in [0, 0.1) is 11.8 Å². The van der Waals surface area contributed by atoms with E-state index in [1.54, 1.807) is 47.9 Å². The van der Waals surface area contributed by atoms with Crippen molar-refractivity contribution in [2.75, 3.05) is 11.5 Å². The van der Waals surface area contributed by atoms with Gasteiger partial charge in [-0.05, 0) is 31.6 Å². The van der Waals surface area contributed by atoms with E-state index in [1.165, 1.54) is 0 Å². The molecule has 0 aromatic heterocycles. The summed E-state index contributed by atoms with van der Waals surface area (Å²) in [6.07, 6.45) is 2.32. The molecule has 4 rings (SSSR count). The van der Waals surface area contributed by atoms with Crippen molar-refractivity contribution in [3.05, 3.63) is 40.4 Å². The molecule has 0 bridgehead atoms. The fourth-order valence-electron chi connectivity index (χ4n) is 4.72. The number of aldehydes is 2. The summed E-state index contributed by atoms with van der Waals surface area (Å²) in [5, 5.41) is 13.1. The quantitative estimate of drug-likeness (QED) is 0.368. The van der Waals surface area contributed by atoms with Gasteiger partial charge >= 0.3 is 0 Å². The van der Waals surface area contributed by atoms with Gasteiger partial charge < -0.3 is 15.3 Å². The molecule has 0 aliphatic carbocycles. The standard InChI is InChI=1S/C22H25N2O5PS/c1-11-19-18(12(2)27)22(29)24(19)16(9-26)20(11)31-15-7-17(30-10-15)21(28)23-14-5-3-4-13(6-14)8-25/h3-6,8-9,11-12,15,17-19,27,30H,7,10H2,1-2H3,(H,23,28)/t11-,12-,15+,17+,18-,19-/m1/s1. The largest absolute Gasteiger partial charge is 0.393 e. The molecule has 7 atom stereocenters. The fourth-order valence-corrected chi connectivity index (χ4v) is 8.20. The van der Waals surface area contributed by atoms with Crippen molar-refractivity contribution in [1.82, 2.24) is 4.90 Å². The third kappa shape index (κ3) is 3.97. The SMILES string of the molecule is C[C@@H](O)[C@H]1C(=O)N2C(C=O)=C(S[C@@H]3CP[C@H](C(=O)Nc4cccc(C=O)c4)C3)[C@H](C)[C@H]12. The molecule has 3 aliphatic heterocycles. The first-order valence-corrected chi connectivity index (χ1v) is 12.5. The zero-order chi connectivity index (χ0) is 22.3. The Labute approximate surface area is 186 Å². The highest BCUT2D eigenvalue weighted by atomic mass is 32.2. The highest BCUT2D eigenvalue weighted by Gasteiger charge is 2.58. The number of fused-ring (bicyclic) bond motifs is 1. The van der Waals surface area contributed by atoms with Gasteiger partial charge in [-0.3, -0.25) is 19.2 Å². The molecule has 164 valence electrons. The molecule has 31 heavy (non-hydrogen) atoms. The number of hydrogen-bond acceptors (Lipinski definition) is 6. The first-order chi connectivity index (χ1) is 14.8. The second-order valence-electron chi connectivity index (χ2n) is 8.29.